The molecule has 0 radical (unpaired) electrons. The molecule has 0 aromatic carbocycles. The van der Waals surface area contributed by atoms with E-state index in [4.69, 9.17) is 4.74 Å². The number of aliphatic hydroxyl groups excluding tert-OH is 1. The molecule has 14 heavy (non-hydrogen) atoms. The number of hydrogen-bond donors (Lipinski definition) is 1. The van der Waals surface area contributed by atoms with E-state index in [0.717, 1.165) is 28.6 Å². The van der Waals surface area contributed by atoms with Crippen LogP contribution >= 0.6 is 15.9 Å². The molecule has 1 rings (SSSR count). The van der Waals surface area contributed by atoms with Gasteiger partial charge in [-0.15, -0.1) is 0 Å². The molecule has 0 unspecified atom stereocenters. The van der Waals surface area contributed by atoms with E-state index in [9.17, 15) is 5.11 Å². The second-order valence-corrected chi connectivity index (χ2v) is 4.04. The number of hydrogen-bond acceptors (Lipinski definition) is 3. The quantitative estimate of drug-likeness (QED) is 0.902. The van der Waals surface area contributed by atoms with Gasteiger partial charge in [0.2, 0.25) is 0 Å². The zero-order valence-corrected chi connectivity index (χ0v) is 9.91. The van der Waals surface area contributed by atoms with Crippen LogP contribution in [0.2, 0.25) is 0 Å². The molecule has 0 saturated heterocycles. The van der Waals surface area contributed by atoms with Gasteiger partial charge in [0, 0.05) is 16.2 Å². The lowest BCUT2D eigenvalue weighted by Crippen LogP contribution is -2.03. The molecule has 1 heterocycles. The maximum absolute atomic E-state index is 9.20. The maximum Gasteiger partial charge on any atom is 0.141 e. The van der Waals surface area contributed by atoms with E-state index in [-0.39, 0.29) is 6.10 Å². The summed E-state index contributed by atoms with van der Waals surface area (Å²) >= 11 is 3.41. The number of aromatic nitrogens is 1. The summed E-state index contributed by atoms with van der Waals surface area (Å²) in [5, 5.41) is 9.20. The number of ether oxygens (including phenoxy) is 1. The van der Waals surface area contributed by atoms with Crippen LogP contribution in [0, 0.1) is 0 Å². The Balaban J connectivity index is 2.82. The molecule has 1 aromatic rings. The summed E-state index contributed by atoms with van der Waals surface area (Å²) in [5.74, 6) is 0.764. The Kier molecular flexibility index (Phi) is 4.35. The lowest BCUT2D eigenvalue weighted by Gasteiger charge is -2.10. The first-order chi connectivity index (χ1) is 6.65. The van der Waals surface area contributed by atoms with Gasteiger partial charge in [-0.05, 0) is 35.7 Å². The SMILES string of the molecule is COc1cncc(Br)c1CC[C@H](C)O. The van der Waals surface area contributed by atoms with Crippen LogP contribution in [0.1, 0.15) is 18.9 Å². The Morgan fingerprint density at radius 3 is 2.86 bits per heavy atom. The molecule has 0 aliphatic rings. The Bertz CT molecular complexity index is 302. The van der Waals surface area contributed by atoms with Crippen LogP contribution in [0.25, 0.3) is 0 Å². The van der Waals surface area contributed by atoms with E-state index in [1.807, 2.05) is 0 Å². The lowest BCUT2D eigenvalue weighted by molar-refractivity contribution is 0.184. The molecule has 3 nitrogen and oxygen atoms in total. The molecule has 4 heteroatoms. The second kappa shape index (κ2) is 5.32. The Labute approximate surface area is 92.3 Å². The average Bonchev–Trinajstić information content (AvgIpc) is 2.15. The van der Waals surface area contributed by atoms with Crippen molar-refractivity contribution in [2.45, 2.75) is 25.9 Å². The smallest absolute Gasteiger partial charge is 0.141 e. The standard InChI is InChI=1S/C10H14BrNO2/c1-7(13)3-4-8-9(11)5-12-6-10(8)14-2/h5-7,13H,3-4H2,1-2H3/t7-/m0/s1. The van der Waals surface area contributed by atoms with E-state index >= 15 is 0 Å². The molecule has 0 amide bonds. The lowest BCUT2D eigenvalue weighted by atomic mass is 10.1. The molecule has 0 aliphatic heterocycles. The Morgan fingerprint density at radius 1 is 1.57 bits per heavy atom. The normalized spacial score (nSPS) is 12.6. The van der Waals surface area contributed by atoms with Gasteiger partial charge >= 0.3 is 0 Å². The van der Waals surface area contributed by atoms with Gasteiger partial charge in [-0.1, -0.05) is 0 Å². The zero-order valence-electron chi connectivity index (χ0n) is 8.33. The van der Waals surface area contributed by atoms with Crippen molar-refractivity contribution in [2.24, 2.45) is 0 Å². The maximum atomic E-state index is 9.20. The second-order valence-electron chi connectivity index (χ2n) is 3.19. The molecule has 0 bridgehead atoms. The summed E-state index contributed by atoms with van der Waals surface area (Å²) in [6.45, 7) is 1.78. The van der Waals surface area contributed by atoms with Crippen molar-refractivity contribution in [1.29, 1.82) is 0 Å². The van der Waals surface area contributed by atoms with Crippen molar-refractivity contribution in [3.05, 3.63) is 22.4 Å². The molecule has 1 N–H and O–H groups in total. The molecule has 0 aliphatic carbocycles. The van der Waals surface area contributed by atoms with Gasteiger partial charge < -0.3 is 9.84 Å². The topological polar surface area (TPSA) is 42.4 Å². The predicted octanol–water partition coefficient (Wildman–Crippen LogP) is 2.17. The van der Waals surface area contributed by atoms with Gasteiger partial charge in [0.15, 0.2) is 0 Å². The third-order valence-electron chi connectivity index (χ3n) is 2.00. The summed E-state index contributed by atoms with van der Waals surface area (Å²) in [4.78, 5) is 4.01. The minimum Gasteiger partial charge on any atom is -0.495 e. The van der Waals surface area contributed by atoms with E-state index < -0.39 is 0 Å². The highest BCUT2D eigenvalue weighted by Crippen LogP contribution is 2.26. The highest BCUT2D eigenvalue weighted by atomic mass is 79.9. The van der Waals surface area contributed by atoms with Crippen LogP contribution < -0.4 is 4.74 Å². The first-order valence-electron chi connectivity index (χ1n) is 4.49. The van der Waals surface area contributed by atoms with Crippen LogP contribution in [0.5, 0.6) is 5.75 Å². The van der Waals surface area contributed by atoms with Gasteiger partial charge in [0.25, 0.3) is 0 Å². The van der Waals surface area contributed by atoms with Crippen molar-refractivity contribution < 1.29 is 9.84 Å². The van der Waals surface area contributed by atoms with Crippen LogP contribution in [0.4, 0.5) is 0 Å². The molecule has 0 spiro atoms. The molecule has 0 fully saturated rings. The predicted molar refractivity (Wildman–Crippen MR) is 58.5 cm³/mol. The number of aliphatic hydroxyl groups is 1. The van der Waals surface area contributed by atoms with Crippen molar-refractivity contribution in [1.82, 2.24) is 4.98 Å². The third-order valence-corrected chi connectivity index (χ3v) is 2.68. The summed E-state index contributed by atoms with van der Waals surface area (Å²) in [5.41, 5.74) is 1.06. The number of pyridine rings is 1. The fourth-order valence-corrected chi connectivity index (χ4v) is 1.73. The van der Waals surface area contributed by atoms with E-state index in [1.165, 1.54) is 0 Å². The molecule has 78 valence electrons. The van der Waals surface area contributed by atoms with Gasteiger partial charge in [-0.25, -0.2) is 0 Å². The highest BCUT2D eigenvalue weighted by molar-refractivity contribution is 9.10. The van der Waals surface area contributed by atoms with E-state index in [1.54, 1.807) is 26.4 Å². The first-order valence-corrected chi connectivity index (χ1v) is 5.29. The van der Waals surface area contributed by atoms with Crippen LogP contribution in [0.15, 0.2) is 16.9 Å². The van der Waals surface area contributed by atoms with Crippen molar-refractivity contribution in [3.63, 3.8) is 0 Å². The van der Waals surface area contributed by atoms with Crippen LogP contribution in [-0.4, -0.2) is 23.3 Å². The minimum atomic E-state index is -0.292. The molecule has 1 atom stereocenters. The fourth-order valence-electron chi connectivity index (χ4n) is 1.22. The average molecular weight is 260 g/mol. The van der Waals surface area contributed by atoms with Crippen molar-refractivity contribution in [3.8, 4) is 5.75 Å². The van der Waals surface area contributed by atoms with E-state index in [2.05, 4.69) is 20.9 Å². The fraction of sp³-hybridized carbons (Fsp3) is 0.500. The molecule has 0 saturated carbocycles. The number of rotatable bonds is 4. The van der Waals surface area contributed by atoms with Gasteiger partial charge in [0.05, 0.1) is 19.4 Å². The van der Waals surface area contributed by atoms with Crippen molar-refractivity contribution in [2.75, 3.05) is 7.11 Å². The summed E-state index contributed by atoms with van der Waals surface area (Å²) in [6.07, 6.45) is 4.63. The van der Waals surface area contributed by atoms with Gasteiger partial charge in [-0.3, -0.25) is 4.98 Å². The number of halogens is 1. The summed E-state index contributed by atoms with van der Waals surface area (Å²) < 4.78 is 6.11. The van der Waals surface area contributed by atoms with Crippen LogP contribution in [-0.2, 0) is 6.42 Å². The largest absolute Gasteiger partial charge is 0.495 e. The highest BCUT2D eigenvalue weighted by Gasteiger charge is 2.08. The number of methoxy groups -OCH3 is 1. The Morgan fingerprint density at radius 2 is 2.29 bits per heavy atom. The van der Waals surface area contributed by atoms with Crippen molar-refractivity contribution >= 4 is 15.9 Å². The number of nitrogens with zero attached hydrogens (tertiary/aromatic N) is 1. The molecular weight excluding hydrogens is 246 g/mol. The summed E-state index contributed by atoms with van der Waals surface area (Å²) in [6, 6.07) is 0. The summed E-state index contributed by atoms with van der Waals surface area (Å²) in [7, 11) is 1.62. The minimum absolute atomic E-state index is 0.292. The van der Waals surface area contributed by atoms with Crippen LogP contribution in [0.3, 0.4) is 0 Å². The third kappa shape index (κ3) is 2.96. The first kappa shape index (κ1) is 11.5. The van der Waals surface area contributed by atoms with E-state index in [0.29, 0.717) is 0 Å². The zero-order chi connectivity index (χ0) is 10.6. The Hall–Kier alpha value is -0.610. The monoisotopic (exact) mass is 259 g/mol. The molecular formula is C10H14BrNO2. The van der Waals surface area contributed by atoms with Gasteiger partial charge in [0.1, 0.15) is 5.75 Å². The van der Waals surface area contributed by atoms with Gasteiger partial charge in [-0.2, -0.15) is 0 Å². The molecule has 1 aromatic heterocycles.